The average molecular weight is 1450 g/mol. The molecule has 38 nitrogen and oxygen atoms in total. The van der Waals surface area contributed by atoms with Crippen molar-refractivity contribution in [3.05, 3.63) is 71.8 Å². The van der Waals surface area contributed by atoms with E-state index in [1.807, 2.05) is 0 Å². The molecule has 0 spiro atoms. The van der Waals surface area contributed by atoms with Crippen molar-refractivity contribution in [1.29, 1.82) is 0 Å². The third-order valence-electron chi connectivity index (χ3n) is 15.9. The smallest absolute Gasteiger partial charge is 0.326 e. The van der Waals surface area contributed by atoms with Crippen LogP contribution in [0, 0.1) is 0 Å². The van der Waals surface area contributed by atoms with Crippen LogP contribution in [0.5, 0.6) is 0 Å². The third kappa shape index (κ3) is 35.0. The highest BCUT2D eigenvalue weighted by atomic mass is 16.4. The zero-order valence-electron chi connectivity index (χ0n) is 58.1. The maximum absolute atomic E-state index is 14.4. The number of aliphatic hydroxyl groups is 1. The summed E-state index contributed by atoms with van der Waals surface area (Å²) >= 11 is 0. The molecule has 1 aliphatic rings. The number of nitrogens with two attached hydrogens (primary N) is 7. The lowest BCUT2D eigenvalue weighted by Gasteiger charge is -2.27. The molecule has 1 heterocycles. The number of aliphatic imine (C=N–C) groups is 2. The van der Waals surface area contributed by atoms with Gasteiger partial charge < -0.3 is 119 Å². The summed E-state index contributed by atoms with van der Waals surface area (Å²) < 4.78 is 0. The van der Waals surface area contributed by atoms with Crippen LogP contribution in [0.15, 0.2) is 70.6 Å². The van der Waals surface area contributed by atoms with Crippen molar-refractivity contribution >= 4 is 94.7 Å². The first-order valence-corrected chi connectivity index (χ1v) is 34.1. The average Bonchev–Trinajstić information content (AvgIpc) is 1.29. The number of carboxylic acid groups (broad SMARTS) is 1. The second-order valence-corrected chi connectivity index (χ2v) is 24.6. The molecule has 0 aliphatic carbocycles. The van der Waals surface area contributed by atoms with Gasteiger partial charge in [0.1, 0.15) is 54.4 Å². The summed E-state index contributed by atoms with van der Waals surface area (Å²) in [6.45, 7) is 0.696. The van der Waals surface area contributed by atoms with Gasteiger partial charge in [0.2, 0.25) is 76.8 Å². The van der Waals surface area contributed by atoms with Gasteiger partial charge >= 0.3 is 5.97 Å². The molecule has 11 atom stereocenters. The van der Waals surface area contributed by atoms with E-state index in [4.69, 9.17) is 40.1 Å². The van der Waals surface area contributed by atoms with E-state index < -0.39 is 175 Å². The molecule has 103 heavy (non-hydrogen) atoms. The lowest BCUT2D eigenvalue weighted by atomic mass is 10.0. The van der Waals surface area contributed by atoms with E-state index >= 15 is 0 Å². The van der Waals surface area contributed by atoms with Crippen LogP contribution in [0.3, 0.4) is 0 Å². The van der Waals surface area contributed by atoms with Crippen LogP contribution in [0.1, 0.15) is 115 Å². The van der Waals surface area contributed by atoms with Gasteiger partial charge in [0, 0.05) is 26.1 Å². The molecule has 2 aromatic carbocycles. The van der Waals surface area contributed by atoms with Gasteiger partial charge in [-0.05, 0) is 128 Å². The first-order chi connectivity index (χ1) is 49.0. The zero-order valence-corrected chi connectivity index (χ0v) is 58.1. The number of carbonyl (C=O) groups excluding carboxylic acids is 13. The normalized spacial score (nSPS) is 17.9. The Kier molecular flexibility index (Phi) is 39.9. The molecule has 2 aromatic rings. The van der Waals surface area contributed by atoms with Crippen molar-refractivity contribution in [2.24, 2.45) is 50.1 Å². The number of rotatable bonds is 40. The van der Waals surface area contributed by atoms with Crippen LogP contribution in [-0.2, 0) is 80.0 Å². The van der Waals surface area contributed by atoms with E-state index in [0.717, 1.165) is 12.5 Å². The Morgan fingerprint density at radius 1 is 0.553 bits per heavy atom. The molecule has 29 N–H and O–H groups in total. The van der Waals surface area contributed by atoms with Crippen LogP contribution >= 0.6 is 0 Å². The number of guanidine groups is 2. The third-order valence-corrected chi connectivity index (χ3v) is 15.9. The molecule has 1 saturated heterocycles. The topological polar surface area (TPSA) is 643 Å². The van der Waals surface area contributed by atoms with Crippen molar-refractivity contribution in [2.45, 2.75) is 183 Å². The fourth-order valence-electron chi connectivity index (χ4n) is 10.2. The molecule has 1 aliphatic heterocycles. The number of nitrogens with zero attached hydrogens (tertiary/aromatic N) is 2. The molecule has 0 bridgehead atoms. The van der Waals surface area contributed by atoms with Crippen LogP contribution in [-0.4, -0.2) is 224 Å². The lowest BCUT2D eigenvalue weighted by molar-refractivity contribution is -0.142. The van der Waals surface area contributed by atoms with Gasteiger partial charge in [0.25, 0.3) is 0 Å². The van der Waals surface area contributed by atoms with Crippen LogP contribution in [0.25, 0.3) is 0 Å². The van der Waals surface area contributed by atoms with Crippen molar-refractivity contribution in [2.75, 3.05) is 52.4 Å². The molecular weight excluding hydrogens is 1340 g/mol. The number of benzene rings is 2. The molecule has 0 aromatic heterocycles. The highest BCUT2D eigenvalue weighted by Gasteiger charge is 2.36. The number of carboxylic acids is 1. The first-order valence-electron chi connectivity index (χ1n) is 34.1. The maximum Gasteiger partial charge on any atom is 0.326 e. The Hall–Kier alpha value is -10.6. The predicted molar refractivity (Wildman–Crippen MR) is 377 cm³/mol. The van der Waals surface area contributed by atoms with E-state index in [2.05, 4.69) is 79.1 Å². The van der Waals surface area contributed by atoms with Crippen LogP contribution in [0.4, 0.5) is 0 Å². The summed E-state index contributed by atoms with van der Waals surface area (Å²) in [5, 5.41) is 52.9. The fraction of sp³-hybridized carbons (Fsp3) is 0.569. The summed E-state index contributed by atoms with van der Waals surface area (Å²) in [5.74, 6) is -13.6. The van der Waals surface area contributed by atoms with Crippen molar-refractivity contribution in [3.8, 4) is 0 Å². The highest BCUT2D eigenvalue weighted by Crippen LogP contribution is 2.12. The second kappa shape index (κ2) is 47.5. The minimum atomic E-state index is -1.79. The molecule has 1 fully saturated rings. The highest BCUT2D eigenvalue weighted by molar-refractivity contribution is 6.00. The van der Waals surface area contributed by atoms with Gasteiger partial charge in [0.05, 0.1) is 38.2 Å². The van der Waals surface area contributed by atoms with Crippen LogP contribution < -0.4 is 109 Å². The van der Waals surface area contributed by atoms with Gasteiger partial charge in [-0.25, -0.2) is 4.79 Å². The number of aliphatic hydroxyl groups excluding tert-OH is 1. The zero-order chi connectivity index (χ0) is 76.4. The van der Waals surface area contributed by atoms with E-state index in [9.17, 15) is 77.3 Å². The first kappa shape index (κ1) is 86.6. The number of carbonyl (C=O) groups is 14. The van der Waals surface area contributed by atoms with Gasteiger partial charge in [-0.15, -0.1) is 0 Å². The number of hydrogen-bond acceptors (Lipinski definition) is 20. The fourth-order valence-corrected chi connectivity index (χ4v) is 10.2. The Morgan fingerprint density at radius 3 is 1.70 bits per heavy atom. The van der Waals surface area contributed by atoms with Crippen molar-refractivity contribution in [3.63, 3.8) is 0 Å². The molecule has 38 heteroatoms. The second-order valence-electron chi connectivity index (χ2n) is 24.6. The number of unbranched alkanes of at least 4 members (excludes halogenated alkanes) is 2. The van der Waals surface area contributed by atoms with Crippen molar-refractivity contribution in [1.82, 2.24) is 69.1 Å². The maximum atomic E-state index is 14.4. The minimum Gasteiger partial charge on any atom is -0.480 e. The van der Waals surface area contributed by atoms with Crippen LogP contribution in [0.2, 0.25) is 0 Å². The Labute approximate surface area is 596 Å². The summed E-state index contributed by atoms with van der Waals surface area (Å²) in [5.41, 5.74) is 40.7. The van der Waals surface area contributed by atoms with E-state index in [1.54, 1.807) is 60.7 Å². The minimum absolute atomic E-state index is 0.0343. The van der Waals surface area contributed by atoms with E-state index in [-0.39, 0.29) is 122 Å². The monoisotopic (exact) mass is 1450 g/mol. The summed E-state index contributed by atoms with van der Waals surface area (Å²) in [7, 11) is 0. The Morgan fingerprint density at radius 2 is 1.09 bits per heavy atom. The SMILES string of the molecule is C[C@H](NC(=O)[C@H]1CCCCNC(=O)C[C@H](NC(=O)CNC(=O)[C@@H](NC(=O)[C@H](Cc2ccccc2)NC(=O)CNC(=O)CNC(=O)[C@@H](N)Cc2ccccc2)[C@@H](C)O)C(=O)N[C@@H](CCCN=C(N)N)C(=O)N[C@@H](CCCCN)C(=O)N1)C(=O)N[C@@H](CCCN=C(N)N)C(=O)N[C@@H](CCCCN)C(=O)O. The summed E-state index contributed by atoms with van der Waals surface area (Å²) in [6, 6.07) is 2.93. The molecule has 0 radical (unpaired) electrons. The number of nitrogens with one attached hydrogen (secondary N) is 13. The quantitative estimate of drug-likeness (QED) is 0.0167. The molecule has 3 rings (SSSR count). The van der Waals surface area contributed by atoms with Gasteiger partial charge in [-0.2, -0.15) is 0 Å². The standard InChI is InChI=1S/C65H104N22O16/c1-37(54(93)82-44(24-15-29-74-64(69)70)59(98)86-46(63(102)103)23-10-13-27-67)79-56(95)42-22-11-14-28-73-49(89)33-48(60(99)85-45(25-16-30-75-65(71)72)58(97)84-43(57(96)83-42)21-9-12-26-66)81-52(92)36-78-62(101)53(38(2)88)87-61(100)47(32-40-19-7-4-8-20-40)80-51(91)35-76-50(90)34-77-55(94)41(68)31-39-17-5-3-6-18-39/h3-8,17-20,37-38,41-48,53,88H,9-16,21-36,66-68H2,1-2H3,(H,73,89)(H,76,90)(H,77,94)(H,78,101)(H,79,95)(H,80,91)(H,81,92)(H,82,93)(H,83,96)(H,84,97)(H,85,99)(H,86,98)(H,87,100)(H,102,103)(H4,69,70,74)(H4,71,72,75)/t37-,38+,41-,42+,43-,44-,45-,46-,47-,48-,53-/m0/s1. The molecular formula is C65H104N22O16. The number of hydrogen-bond donors (Lipinski definition) is 22. The van der Waals surface area contributed by atoms with Gasteiger partial charge in [-0.3, -0.25) is 72.3 Å². The number of amides is 13. The van der Waals surface area contributed by atoms with E-state index in [0.29, 0.717) is 24.8 Å². The molecule has 13 amide bonds. The predicted octanol–water partition coefficient (Wildman–Crippen LogP) is -7.95. The summed E-state index contributed by atoms with van der Waals surface area (Å²) in [4.78, 5) is 198. The lowest BCUT2D eigenvalue weighted by Crippen LogP contribution is -2.60. The van der Waals surface area contributed by atoms with Gasteiger partial charge in [-0.1, -0.05) is 60.7 Å². The van der Waals surface area contributed by atoms with E-state index in [1.165, 1.54) is 6.92 Å². The molecule has 0 unspecified atom stereocenters. The van der Waals surface area contributed by atoms with Gasteiger partial charge in [0.15, 0.2) is 11.9 Å². The Bertz CT molecular complexity index is 3190. The van der Waals surface area contributed by atoms with Crippen molar-refractivity contribution < 1.29 is 77.3 Å². The molecule has 0 saturated carbocycles. The number of aliphatic carboxylic acids is 1. The summed E-state index contributed by atoms with van der Waals surface area (Å²) in [6.07, 6.45) is -0.827. The largest absolute Gasteiger partial charge is 0.480 e. The molecule has 570 valence electrons. The Balaban J connectivity index is 1.84.